The molecule has 0 aliphatic rings. The normalized spacial score (nSPS) is 0. The van der Waals surface area contributed by atoms with Crippen LogP contribution in [0.1, 0.15) is 0 Å². The quantitative estimate of drug-likeness (QED) is 0.419. The molecular formula is H11AsF5N. The maximum absolute atomic E-state index is 0. The van der Waals surface area contributed by atoms with E-state index in [1.165, 1.54) is 0 Å². The van der Waals surface area contributed by atoms with Gasteiger partial charge in [0.15, 0.2) is 0 Å². The first-order valence-electron chi connectivity index (χ1n) is 0. The average molecular weight is 195 g/mol. The summed E-state index contributed by atoms with van der Waals surface area (Å²) in [6.45, 7) is 0. The molecule has 0 aromatic rings. The average Bonchev–Trinajstić information content (AvgIpc) is 0. The Morgan fingerprint density at radius 1 is 0.429 bits per heavy atom. The molecule has 0 spiro atoms. The van der Waals surface area contributed by atoms with Gasteiger partial charge in [0, 0.05) is 0 Å². The van der Waals surface area contributed by atoms with E-state index in [0.29, 0.717) is 0 Å². The number of rotatable bonds is 0. The summed E-state index contributed by atoms with van der Waals surface area (Å²) < 4.78 is 0. The van der Waals surface area contributed by atoms with E-state index in [0.717, 1.165) is 0 Å². The van der Waals surface area contributed by atoms with Crippen LogP contribution in [0.2, 0.25) is 0 Å². The monoisotopic (exact) mass is 195 g/mol. The van der Waals surface area contributed by atoms with E-state index >= 15 is 0 Å². The van der Waals surface area contributed by atoms with Gasteiger partial charge in [-0.3, -0.25) is 23.5 Å². The molecule has 0 aromatic carbocycles. The Balaban J connectivity index is 0. The van der Waals surface area contributed by atoms with Crippen molar-refractivity contribution >= 4 is 18.0 Å². The van der Waals surface area contributed by atoms with Crippen LogP contribution in [0.25, 0.3) is 0 Å². The molecule has 0 bridgehead atoms. The van der Waals surface area contributed by atoms with Gasteiger partial charge in [0.1, 0.15) is 0 Å². The van der Waals surface area contributed by atoms with Crippen LogP contribution in [0, 0.1) is 0 Å². The van der Waals surface area contributed by atoms with Crippen LogP contribution in [0.15, 0.2) is 0 Å². The van der Waals surface area contributed by atoms with E-state index in [-0.39, 0.29) is 47.6 Å². The van der Waals surface area contributed by atoms with Gasteiger partial charge in [-0.1, -0.05) is 0 Å². The Labute approximate surface area is 48.6 Å². The minimum atomic E-state index is 0. The molecule has 3 N–H and O–H groups in total. The first-order chi connectivity index (χ1) is 0. The molecule has 0 rings (SSSR count). The van der Waals surface area contributed by atoms with Gasteiger partial charge in [-0.2, -0.15) is 0 Å². The van der Waals surface area contributed by atoms with Gasteiger partial charge in [0.25, 0.3) is 0 Å². The van der Waals surface area contributed by atoms with Gasteiger partial charge in [-0.15, -0.1) is 0 Å². The first kappa shape index (κ1) is 9610. The van der Waals surface area contributed by atoms with E-state index in [9.17, 15) is 0 Å². The zero-order chi connectivity index (χ0) is 0. The second kappa shape index (κ2) is 5810. The van der Waals surface area contributed by atoms with Crippen molar-refractivity contribution < 1.29 is 23.5 Å². The molecule has 0 amide bonds. The third-order valence-electron chi connectivity index (χ3n) is 0. The SMILES string of the molecule is F.F.F.F.F.N.[AsH3]. The van der Waals surface area contributed by atoms with E-state index in [2.05, 4.69) is 0 Å². The van der Waals surface area contributed by atoms with Crippen molar-refractivity contribution in [3.8, 4) is 0 Å². The van der Waals surface area contributed by atoms with Gasteiger partial charge >= 0.3 is 18.0 Å². The van der Waals surface area contributed by atoms with Gasteiger partial charge in [0.2, 0.25) is 0 Å². The predicted molar refractivity (Wildman–Crippen MR) is 27.5 cm³/mol. The number of hydrogen-bond acceptors (Lipinski definition) is 1. The third kappa shape index (κ3) is 3780. The van der Waals surface area contributed by atoms with E-state index in [1.54, 1.807) is 0 Å². The molecule has 1 atom stereocenters. The summed E-state index contributed by atoms with van der Waals surface area (Å²) in [5.74, 6) is 0. The molecule has 0 heterocycles. The summed E-state index contributed by atoms with van der Waals surface area (Å²) in [5.41, 5.74) is 0. The van der Waals surface area contributed by atoms with Crippen LogP contribution in [-0.2, 0) is 0 Å². The summed E-state index contributed by atoms with van der Waals surface area (Å²) in [6.07, 6.45) is 0. The maximum atomic E-state index is 0. The number of halogens is 5. The molecular weight excluding hydrogens is 184 g/mol. The molecule has 0 aromatic heterocycles. The molecule has 1 nitrogen and oxygen atoms in total. The zero-order valence-electron chi connectivity index (χ0n) is 3.46. The van der Waals surface area contributed by atoms with E-state index in [1.807, 2.05) is 0 Å². The summed E-state index contributed by atoms with van der Waals surface area (Å²) in [6, 6.07) is 0. The van der Waals surface area contributed by atoms with Crippen molar-refractivity contribution in [1.29, 1.82) is 0 Å². The molecule has 0 fully saturated rings. The van der Waals surface area contributed by atoms with Gasteiger partial charge in [-0.05, 0) is 0 Å². The molecule has 0 saturated carbocycles. The summed E-state index contributed by atoms with van der Waals surface area (Å²) in [4.78, 5) is 0. The molecule has 0 saturated heterocycles. The van der Waals surface area contributed by atoms with Crippen LogP contribution >= 0.6 is 0 Å². The fourth-order valence-electron chi connectivity index (χ4n) is 0. The molecule has 7 heavy (non-hydrogen) atoms. The Hall–Kier alpha value is 0.168. The van der Waals surface area contributed by atoms with Crippen molar-refractivity contribution in [1.82, 2.24) is 6.15 Å². The van der Waals surface area contributed by atoms with Crippen molar-refractivity contribution in [3.63, 3.8) is 0 Å². The zero-order valence-corrected chi connectivity index (χ0v) is 6.42. The molecule has 0 aliphatic carbocycles. The molecule has 7 heteroatoms. The second-order valence-corrected chi connectivity index (χ2v) is 0. The fraction of sp³-hybridized carbons (Fsp3) is 0. The van der Waals surface area contributed by atoms with Crippen LogP contribution in [0.4, 0.5) is 23.5 Å². The standard InChI is InChI=1S/AsH3.5FH.H3N/h1H3;5*1H;1H3. The second-order valence-electron chi connectivity index (χ2n) is 0. The first-order valence-corrected chi connectivity index (χ1v) is 0. The van der Waals surface area contributed by atoms with Crippen LogP contribution in [-0.4, -0.2) is 18.0 Å². The topological polar surface area (TPSA) is 35.0 Å². The molecule has 1 unspecified atom stereocenters. The molecule has 56 valence electrons. The van der Waals surface area contributed by atoms with Crippen molar-refractivity contribution in [2.24, 2.45) is 0 Å². The molecule has 0 radical (unpaired) electrons. The van der Waals surface area contributed by atoms with E-state index < -0.39 is 0 Å². The van der Waals surface area contributed by atoms with E-state index in [4.69, 9.17) is 0 Å². The van der Waals surface area contributed by atoms with Crippen molar-refractivity contribution in [2.45, 2.75) is 0 Å². The van der Waals surface area contributed by atoms with Crippen LogP contribution in [0.3, 0.4) is 0 Å². The van der Waals surface area contributed by atoms with Gasteiger partial charge < -0.3 is 6.15 Å². The van der Waals surface area contributed by atoms with Gasteiger partial charge in [-0.25, -0.2) is 0 Å². The summed E-state index contributed by atoms with van der Waals surface area (Å²) >= 11 is 0. The third-order valence-corrected chi connectivity index (χ3v) is 0. The Morgan fingerprint density at radius 2 is 0.429 bits per heavy atom. The Kier molecular flexibility index (Phi) is 7980000. The summed E-state index contributed by atoms with van der Waals surface area (Å²) in [5, 5.41) is 0. The Bertz CT molecular complexity index is 8.04. The van der Waals surface area contributed by atoms with Gasteiger partial charge in [0.05, 0.1) is 0 Å². The molecule has 0 aliphatic heterocycles. The minimum absolute atomic E-state index is 0. The number of hydrogen-bond donors (Lipinski definition) is 1. The van der Waals surface area contributed by atoms with Crippen molar-refractivity contribution in [3.05, 3.63) is 0 Å². The Morgan fingerprint density at radius 3 is 0.429 bits per heavy atom. The summed E-state index contributed by atoms with van der Waals surface area (Å²) in [7, 11) is 0. The predicted octanol–water partition coefficient (Wildman–Crippen LogP) is -0.259. The van der Waals surface area contributed by atoms with Crippen molar-refractivity contribution in [2.75, 3.05) is 0 Å². The van der Waals surface area contributed by atoms with Crippen LogP contribution in [0.5, 0.6) is 0 Å². The van der Waals surface area contributed by atoms with Crippen LogP contribution < -0.4 is 6.15 Å². The fourth-order valence-corrected chi connectivity index (χ4v) is 0.